The number of hydrogen-bond acceptors (Lipinski definition) is 4. The number of carbonyl (C=O) groups excluding carboxylic acids is 1. The van der Waals surface area contributed by atoms with Crippen LogP contribution in [0, 0.1) is 11.3 Å². The van der Waals surface area contributed by atoms with Gasteiger partial charge in [-0.05, 0) is 38.1 Å². The van der Waals surface area contributed by atoms with E-state index in [9.17, 15) is 10.1 Å². The van der Waals surface area contributed by atoms with Gasteiger partial charge in [0, 0.05) is 50.4 Å². The van der Waals surface area contributed by atoms with Gasteiger partial charge in [0.15, 0.2) is 0 Å². The molecule has 0 aromatic heterocycles. The van der Waals surface area contributed by atoms with Gasteiger partial charge in [-0.25, -0.2) is 0 Å². The summed E-state index contributed by atoms with van der Waals surface area (Å²) in [6.07, 6.45) is 1.07. The van der Waals surface area contributed by atoms with Crippen molar-refractivity contribution in [3.8, 4) is 6.07 Å². The first-order valence-corrected chi connectivity index (χ1v) is 7.80. The summed E-state index contributed by atoms with van der Waals surface area (Å²) in [4.78, 5) is 14.6. The van der Waals surface area contributed by atoms with Crippen LogP contribution in [-0.2, 0) is 4.74 Å². The van der Waals surface area contributed by atoms with E-state index in [1.165, 1.54) is 0 Å². The second-order valence-corrected chi connectivity index (χ2v) is 5.48. The highest BCUT2D eigenvalue weighted by atomic mass is 16.5. The maximum absolute atomic E-state index is 12.4. The Balaban J connectivity index is 2.08. The number of rotatable bonds is 5. The van der Waals surface area contributed by atoms with Crippen molar-refractivity contribution in [1.82, 2.24) is 5.32 Å². The summed E-state index contributed by atoms with van der Waals surface area (Å²) in [5, 5.41) is 12.3. The van der Waals surface area contributed by atoms with Gasteiger partial charge in [-0.2, -0.15) is 5.26 Å². The molecule has 1 N–H and O–H groups in total. The predicted molar refractivity (Wildman–Crippen MR) is 85.9 cm³/mol. The average Bonchev–Trinajstić information content (AvgIpc) is 2.57. The van der Waals surface area contributed by atoms with Gasteiger partial charge in [0.25, 0.3) is 5.91 Å². The van der Waals surface area contributed by atoms with Crippen LogP contribution < -0.4 is 10.2 Å². The van der Waals surface area contributed by atoms with Crippen molar-refractivity contribution in [3.05, 3.63) is 29.8 Å². The predicted octanol–water partition coefficient (Wildman–Crippen LogP) is 2.34. The van der Waals surface area contributed by atoms with E-state index in [1.54, 1.807) is 0 Å². The molecule has 22 heavy (non-hydrogen) atoms. The first-order valence-electron chi connectivity index (χ1n) is 7.80. The fourth-order valence-electron chi connectivity index (χ4n) is 2.69. The number of benzene rings is 1. The van der Waals surface area contributed by atoms with Gasteiger partial charge < -0.3 is 15.0 Å². The molecular weight excluding hydrogens is 278 g/mol. The molecule has 1 saturated heterocycles. The molecule has 1 heterocycles. The molecule has 0 aliphatic carbocycles. The van der Waals surface area contributed by atoms with Gasteiger partial charge in [0.2, 0.25) is 0 Å². The molecule has 5 heteroatoms. The zero-order valence-electron chi connectivity index (χ0n) is 13.3. The molecule has 0 spiro atoms. The summed E-state index contributed by atoms with van der Waals surface area (Å²) in [7, 11) is 0. The minimum atomic E-state index is -0.799. The zero-order valence-corrected chi connectivity index (χ0v) is 13.3. The second-order valence-electron chi connectivity index (χ2n) is 5.48. The van der Waals surface area contributed by atoms with Crippen LogP contribution in [0.4, 0.5) is 5.69 Å². The van der Waals surface area contributed by atoms with Crippen LogP contribution in [0.2, 0.25) is 0 Å². The second kappa shape index (κ2) is 7.28. The summed E-state index contributed by atoms with van der Waals surface area (Å²) < 4.78 is 5.27. The van der Waals surface area contributed by atoms with E-state index in [-0.39, 0.29) is 5.91 Å². The fourth-order valence-corrected chi connectivity index (χ4v) is 2.69. The van der Waals surface area contributed by atoms with Crippen LogP contribution in [-0.4, -0.2) is 37.7 Å². The lowest BCUT2D eigenvalue weighted by Gasteiger charge is -2.31. The van der Waals surface area contributed by atoms with E-state index in [1.807, 2.05) is 24.3 Å². The molecule has 0 radical (unpaired) electrons. The van der Waals surface area contributed by atoms with Gasteiger partial charge in [0.05, 0.1) is 6.07 Å². The number of anilines is 1. The molecule has 5 nitrogen and oxygen atoms in total. The van der Waals surface area contributed by atoms with Gasteiger partial charge >= 0.3 is 0 Å². The first kappa shape index (κ1) is 16.3. The lowest BCUT2D eigenvalue weighted by atomic mass is 9.91. The zero-order chi connectivity index (χ0) is 16.0. The van der Waals surface area contributed by atoms with E-state index < -0.39 is 5.54 Å². The van der Waals surface area contributed by atoms with E-state index in [4.69, 9.17) is 4.74 Å². The monoisotopic (exact) mass is 301 g/mol. The number of nitriles is 1. The molecule has 1 aliphatic heterocycles. The fraction of sp³-hybridized carbons (Fsp3) is 0.529. The van der Waals surface area contributed by atoms with Crippen LogP contribution in [0.25, 0.3) is 0 Å². The van der Waals surface area contributed by atoms with Crippen LogP contribution in [0.3, 0.4) is 0 Å². The standard InChI is InChI=1S/C17H23N3O2/c1-3-20(4-2)15-7-5-14(6-8-15)16(21)19-17(13-18)9-11-22-12-10-17/h5-8H,3-4,9-12H2,1-2H3,(H,19,21). The lowest BCUT2D eigenvalue weighted by Crippen LogP contribution is -2.50. The Morgan fingerprint density at radius 1 is 1.27 bits per heavy atom. The molecule has 1 aromatic carbocycles. The highest BCUT2D eigenvalue weighted by molar-refractivity contribution is 5.95. The highest BCUT2D eigenvalue weighted by Gasteiger charge is 2.34. The average molecular weight is 301 g/mol. The van der Waals surface area contributed by atoms with Crippen molar-refractivity contribution in [2.24, 2.45) is 0 Å². The van der Waals surface area contributed by atoms with Gasteiger partial charge in [-0.1, -0.05) is 0 Å². The van der Waals surface area contributed by atoms with Crippen LogP contribution in [0.15, 0.2) is 24.3 Å². The van der Waals surface area contributed by atoms with Crippen LogP contribution >= 0.6 is 0 Å². The van der Waals surface area contributed by atoms with Crippen molar-refractivity contribution >= 4 is 11.6 Å². The van der Waals surface area contributed by atoms with E-state index in [2.05, 4.69) is 30.1 Å². The Hall–Kier alpha value is -2.06. The maximum atomic E-state index is 12.4. The number of amides is 1. The largest absolute Gasteiger partial charge is 0.381 e. The van der Waals surface area contributed by atoms with Crippen molar-refractivity contribution in [1.29, 1.82) is 5.26 Å². The summed E-state index contributed by atoms with van der Waals surface area (Å²) in [5.41, 5.74) is 0.881. The number of ether oxygens (including phenoxy) is 1. The molecule has 0 atom stereocenters. The number of nitrogens with one attached hydrogen (secondary N) is 1. The Morgan fingerprint density at radius 3 is 2.36 bits per heavy atom. The van der Waals surface area contributed by atoms with E-state index >= 15 is 0 Å². The Kier molecular flexibility index (Phi) is 5.40. The van der Waals surface area contributed by atoms with Crippen molar-refractivity contribution in [3.63, 3.8) is 0 Å². The molecule has 0 saturated carbocycles. The molecular formula is C17H23N3O2. The minimum Gasteiger partial charge on any atom is -0.381 e. The lowest BCUT2D eigenvalue weighted by molar-refractivity contribution is 0.0531. The molecule has 1 fully saturated rings. The summed E-state index contributed by atoms with van der Waals surface area (Å²) in [5.74, 6) is -0.199. The SMILES string of the molecule is CCN(CC)c1ccc(C(=O)NC2(C#N)CCOCC2)cc1. The highest BCUT2D eigenvalue weighted by Crippen LogP contribution is 2.21. The van der Waals surface area contributed by atoms with Gasteiger partial charge in [-0.15, -0.1) is 0 Å². The molecule has 118 valence electrons. The summed E-state index contributed by atoms with van der Waals surface area (Å²) in [6, 6.07) is 9.77. The normalized spacial score (nSPS) is 16.6. The van der Waals surface area contributed by atoms with E-state index in [0.717, 1.165) is 18.8 Å². The summed E-state index contributed by atoms with van der Waals surface area (Å²) in [6.45, 7) is 7.08. The molecule has 0 bridgehead atoms. The Morgan fingerprint density at radius 2 is 1.86 bits per heavy atom. The van der Waals surface area contributed by atoms with Gasteiger partial charge in [-0.3, -0.25) is 4.79 Å². The van der Waals surface area contributed by atoms with Gasteiger partial charge in [0.1, 0.15) is 5.54 Å². The molecule has 0 unspecified atom stereocenters. The van der Waals surface area contributed by atoms with E-state index in [0.29, 0.717) is 31.6 Å². The molecule has 1 aromatic rings. The Bertz CT molecular complexity index is 538. The minimum absolute atomic E-state index is 0.199. The van der Waals surface area contributed by atoms with Crippen molar-refractivity contribution < 1.29 is 9.53 Å². The third-order valence-corrected chi connectivity index (χ3v) is 4.17. The van der Waals surface area contributed by atoms with Crippen molar-refractivity contribution in [2.75, 3.05) is 31.2 Å². The third-order valence-electron chi connectivity index (χ3n) is 4.17. The molecule has 1 amide bonds. The summed E-state index contributed by atoms with van der Waals surface area (Å²) >= 11 is 0. The quantitative estimate of drug-likeness (QED) is 0.906. The molecule has 1 aliphatic rings. The number of nitrogens with zero attached hydrogens (tertiary/aromatic N) is 2. The number of hydrogen-bond donors (Lipinski definition) is 1. The molecule has 2 rings (SSSR count). The smallest absolute Gasteiger partial charge is 0.252 e. The topological polar surface area (TPSA) is 65.4 Å². The van der Waals surface area contributed by atoms with Crippen molar-refractivity contribution in [2.45, 2.75) is 32.2 Å². The Labute approximate surface area is 131 Å². The van der Waals surface area contributed by atoms with Crippen LogP contribution in [0.1, 0.15) is 37.0 Å². The third kappa shape index (κ3) is 3.58. The first-order chi connectivity index (χ1) is 10.6. The maximum Gasteiger partial charge on any atom is 0.252 e. The number of carbonyl (C=O) groups is 1. The van der Waals surface area contributed by atoms with Crippen LogP contribution in [0.5, 0.6) is 0 Å².